The summed E-state index contributed by atoms with van der Waals surface area (Å²) < 4.78 is 0. The molecule has 0 radical (unpaired) electrons. The van der Waals surface area contributed by atoms with Gasteiger partial charge in [-0.3, -0.25) is 4.79 Å². The van der Waals surface area contributed by atoms with Crippen molar-refractivity contribution in [2.75, 3.05) is 13.1 Å². The molecule has 1 aromatic rings. The van der Waals surface area contributed by atoms with E-state index in [0.717, 1.165) is 31.5 Å². The lowest BCUT2D eigenvalue weighted by Crippen LogP contribution is -2.39. The number of rotatable bonds is 2. The summed E-state index contributed by atoms with van der Waals surface area (Å²) in [6.45, 7) is 1.65. The number of amides is 1. The molecule has 0 unspecified atom stereocenters. The molecule has 1 N–H and O–H groups in total. The summed E-state index contributed by atoms with van der Waals surface area (Å²) >= 11 is 3.57. The summed E-state index contributed by atoms with van der Waals surface area (Å²) in [5.74, 6) is 0.365. The van der Waals surface area contributed by atoms with Crippen LogP contribution < -0.4 is 0 Å². The lowest BCUT2D eigenvalue weighted by molar-refractivity contribution is -0.131. The largest absolute Gasteiger partial charge is 0.508 e. The van der Waals surface area contributed by atoms with Crippen LogP contribution in [0, 0.1) is 0 Å². The van der Waals surface area contributed by atoms with E-state index in [4.69, 9.17) is 0 Å². The van der Waals surface area contributed by atoms with Crippen LogP contribution in [-0.2, 0) is 11.2 Å². The number of piperidine rings is 1. The smallest absolute Gasteiger partial charge is 0.226 e. The van der Waals surface area contributed by atoms with Crippen LogP contribution in [0.5, 0.6) is 5.75 Å². The predicted octanol–water partition coefficient (Wildman–Crippen LogP) is 2.32. The van der Waals surface area contributed by atoms with Gasteiger partial charge in [0.25, 0.3) is 0 Å². The quantitative estimate of drug-likeness (QED) is 0.851. The third kappa shape index (κ3) is 3.46. The fourth-order valence-corrected chi connectivity index (χ4v) is 2.46. The molecule has 4 heteroatoms. The highest BCUT2D eigenvalue weighted by Crippen LogP contribution is 2.19. The van der Waals surface area contributed by atoms with Crippen LogP contribution in [0.1, 0.15) is 18.4 Å². The van der Waals surface area contributed by atoms with Gasteiger partial charge in [-0.05, 0) is 30.5 Å². The van der Waals surface area contributed by atoms with E-state index in [1.165, 1.54) is 0 Å². The van der Waals surface area contributed by atoms with Crippen LogP contribution in [-0.4, -0.2) is 33.8 Å². The summed E-state index contributed by atoms with van der Waals surface area (Å²) in [4.78, 5) is 14.5. The summed E-state index contributed by atoms with van der Waals surface area (Å²) in [6, 6.07) is 6.90. The second-order valence-corrected chi connectivity index (χ2v) is 5.70. The van der Waals surface area contributed by atoms with Gasteiger partial charge in [0.1, 0.15) is 5.75 Å². The van der Waals surface area contributed by atoms with Crippen LogP contribution in [0.25, 0.3) is 0 Å². The maximum absolute atomic E-state index is 12.0. The fourth-order valence-electron chi connectivity index (χ4n) is 2.05. The molecule has 0 aromatic heterocycles. The molecule has 1 heterocycles. The highest BCUT2D eigenvalue weighted by molar-refractivity contribution is 9.09. The Hall–Kier alpha value is -1.03. The van der Waals surface area contributed by atoms with E-state index in [9.17, 15) is 9.90 Å². The molecule has 1 fully saturated rings. The first kappa shape index (κ1) is 12.4. The number of phenols is 1. The van der Waals surface area contributed by atoms with Gasteiger partial charge in [0.15, 0.2) is 0 Å². The molecule has 1 aliphatic rings. The van der Waals surface area contributed by atoms with Gasteiger partial charge in [0, 0.05) is 17.9 Å². The van der Waals surface area contributed by atoms with E-state index in [2.05, 4.69) is 15.9 Å². The molecule has 0 spiro atoms. The number of nitrogens with zero attached hydrogens (tertiary/aromatic N) is 1. The summed E-state index contributed by atoms with van der Waals surface area (Å²) in [6.07, 6.45) is 2.42. The van der Waals surface area contributed by atoms with Crippen LogP contribution in [0.3, 0.4) is 0 Å². The number of alkyl halides is 1. The molecular weight excluding hydrogens is 282 g/mol. The zero-order valence-electron chi connectivity index (χ0n) is 9.60. The first-order chi connectivity index (χ1) is 8.15. The molecular formula is C13H16BrNO2. The molecule has 1 aromatic carbocycles. The number of hydrogen-bond donors (Lipinski definition) is 1. The number of likely N-dealkylation sites (tertiary alicyclic amines) is 1. The highest BCUT2D eigenvalue weighted by Gasteiger charge is 2.20. The second kappa shape index (κ2) is 5.54. The minimum Gasteiger partial charge on any atom is -0.508 e. The van der Waals surface area contributed by atoms with Crippen LogP contribution >= 0.6 is 15.9 Å². The van der Waals surface area contributed by atoms with Gasteiger partial charge >= 0.3 is 0 Å². The number of hydrogen-bond acceptors (Lipinski definition) is 2. The van der Waals surface area contributed by atoms with E-state index in [-0.39, 0.29) is 11.7 Å². The van der Waals surface area contributed by atoms with Crippen molar-refractivity contribution in [3.05, 3.63) is 29.8 Å². The maximum Gasteiger partial charge on any atom is 0.226 e. The minimum absolute atomic E-state index is 0.148. The van der Waals surface area contributed by atoms with E-state index >= 15 is 0 Å². The SMILES string of the molecule is O=C(Cc1cccc(O)c1)N1CCC(Br)CC1. The number of phenolic OH excluding ortho intramolecular Hbond substituents is 1. The molecule has 17 heavy (non-hydrogen) atoms. The van der Waals surface area contributed by atoms with Gasteiger partial charge < -0.3 is 10.0 Å². The third-order valence-corrected chi connectivity index (χ3v) is 3.96. The number of halogens is 1. The molecule has 92 valence electrons. The van der Waals surface area contributed by atoms with Crippen molar-refractivity contribution in [1.82, 2.24) is 4.90 Å². The molecule has 0 bridgehead atoms. The topological polar surface area (TPSA) is 40.5 Å². The Morgan fingerprint density at radius 3 is 2.76 bits per heavy atom. The van der Waals surface area contributed by atoms with Gasteiger partial charge in [-0.15, -0.1) is 0 Å². The molecule has 1 saturated heterocycles. The lowest BCUT2D eigenvalue weighted by Gasteiger charge is -2.29. The first-order valence-corrected chi connectivity index (χ1v) is 6.76. The van der Waals surface area contributed by atoms with Gasteiger partial charge in [0.2, 0.25) is 5.91 Å². The van der Waals surface area contributed by atoms with E-state index in [1.807, 2.05) is 11.0 Å². The number of benzene rings is 1. The molecule has 0 aliphatic carbocycles. The Bertz CT molecular complexity index is 400. The second-order valence-electron chi connectivity index (χ2n) is 4.40. The van der Waals surface area contributed by atoms with Crippen molar-refractivity contribution in [1.29, 1.82) is 0 Å². The Labute approximate surface area is 110 Å². The van der Waals surface area contributed by atoms with Crippen LogP contribution in [0.2, 0.25) is 0 Å². The monoisotopic (exact) mass is 297 g/mol. The number of carbonyl (C=O) groups is 1. The van der Waals surface area contributed by atoms with Crippen molar-refractivity contribution in [3.63, 3.8) is 0 Å². The number of carbonyl (C=O) groups excluding carboxylic acids is 1. The van der Waals surface area contributed by atoms with Crippen LogP contribution in [0.15, 0.2) is 24.3 Å². The standard InChI is InChI=1S/C13H16BrNO2/c14-11-4-6-15(7-5-11)13(17)9-10-2-1-3-12(16)8-10/h1-3,8,11,16H,4-7,9H2. The van der Waals surface area contributed by atoms with Crippen molar-refractivity contribution in [3.8, 4) is 5.75 Å². The first-order valence-electron chi connectivity index (χ1n) is 5.85. The third-order valence-electron chi connectivity index (χ3n) is 3.04. The van der Waals surface area contributed by atoms with Crippen LogP contribution in [0.4, 0.5) is 0 Å². The van der Waals surface area contributed by atoms with Gasteiger partial charge in [-0.25, -0.2) is 0 Å². The highest BCUT2D eigenvalue weighted by atomic mass is 79.9. The average Bonchev–Trinajstić information content (AvgIpc) is 2.29. The van der Waals surface area contributed by atoms with Gasteiger partial charge in [-0.2, -0.15) is 0 Å². The normalized spacial score (nSPS) is 17.1. The van der Waals surface area contributed by atoms with E-state index in [0.29, 0.717) is 11.2 Å². The zero-order chi connectivity index (χ0) is 12.3. The summed E-state index contributed by atoms with van der Waals surface area (Å²) in [5.41, 5.74) is 0.871. The molecule has 0 saturated carbocycles. The fraction of sp³-hybridized carbons (Fsp3) is 0.462. The lowest BCUT2D eigenvalue weighted by atomic mass is 10.1. The minimum atomic E-state index is 0.148. The Morgan fingerprint density at radius 2 is 2.12 bits per heavy atom. The Balaban J connectivity index is 1.93. The zero-order valence-corrected chi connectivity index (χ0v) is 11.2. The van der Waals surface area contributed by atoms with Gasteiger partial charge in [0.05, 0.1) is 6.42 Å². The Kier molecular flexibility index (Phi) is 4.05. The van der Waals surface area contributed by atoms with Crippen molar-refractivity contribution < 1.29 is 9.90 Å². The molecule has 2 rings (SSSR count). The molecule has 1 aliphatic heterocycles. The summed E-state index contributed by atoms with van der Waals surface area (Å²) in [7, 11) is 0. The predicted molar refractivity (Wildman–Crippen MR) is 70.3 cm³/mol. The number of aromatic hydroxyl groups is 1. The van der Waals surface area contributed by atoms with Crippen molar-refractivity contribution >= 4 is 21.8 Å². The average molecular weight is 298 g/mol. The van der Waals surface area contributed by atoms with Crippen molar-refractivity contribution in [2.45, 2.75) is 24.1 Å². The molecule has 3 nitrogen and oxygen atoms in total. The molecule has 1 amide bonds. The van der Waals surface area contributed by atoms with E-state index < -0.39 is 0 Å². The van der Waals surface area contributed by atoms with Crippen molar-refractivity contribution in [2.24, 2.45) is 0 Å². The Morgan fingerprint density at radius 1 is 1.41 bits per heavy atom. The molecule has 0 atom stereocenters. The summed E-state index contributed by atoms with van der Waals surface area (Å²) in [5, 5.41) is 9.34. The van der Waals surface area contributed by atoms with E-state index in [1.54, 1.807) is 18.2 Å². The van der Waals surface area contributed by atoms with Gasteiger partial charge in [-0.1, -0.05) is 28.1 Å². The maximum atomic E-state index is 12.0.